The fourth-order valence-electron chi connectivity index (χ4n) is 2.58. The Kier molecular flexibility index (Phi) is 3.63. The Labute approximate surface area is 140 Å². The first-order valence-electron chi connectivity index (χ1n) is 7.81. The normalized spacial score (nSPS) is 10.7. The highest BCUT2D eigenvalue weighted by Crippen LogP contribution is 2.25. The van der Waals surface area contributed by atoms with E-state index in [1.54, 1.807) is 12.4 Å². The Morgan fingerprint density at radius 2 is 1.46 bits per heavy atom. The molecule has 2 aromatic carbocycles. The molecular formula is C20H16N4. The van der Waals surface area contributed by atoms with Crippen LogP contribution >= 0.6 is 0 Å². The van der Waals surface area contributed by atoms with Crippen molar-refractivity contribution < 1.29 is 0 Å². The molecule has 2 heterocycles. The quantitative estimate of drug-likeness (QED) is 0.566. The van der Waals surface area contributed by atoms with Crippen LogP contribution in [0.5, 0.6) is 0 Å². The van der Waals surface area contributed by atoms with Crippen molar-refractivity contribution in [2.75, 3.05) is 0 Å². The molecule has 2 aromatic heterocycles. The Morgan fingerprint density at radius 1 is 0.750 bits per heavy atom. The van der Waals surface area contributed by atoms with Crippen LogP contribution in [-0.2, 0) is 0 Å². The van der Waals surface area contributed by atoms with Gasteiger partial charge in [0.05, 0.1) is 5.69 Å². The molecule has 0 saturated carbocycles. The lowest BCUT2D eigenvalue weighted by Gasteiger charge is -2.05. The predicted molar refractivity (Wildman–Crippen MR) is 94.8 cm³/mol. The second-order valence-corrected chi connectivity index (χ2v) is 5.61. The van der Waals surface area contributed by atoms with Crippen LogP contribution < -0.4 is 0 Å². The number of aryl methyl sites for hydroxylation is 1. The number of rotatable bonds is 3. The van der Waals surface area contributed by atoms with Crippen molar-refractivity contribution in [3.8, 4) is 28.5 Å². The Hall–Kier alpha value is -3.27. The number of aromatic nitrogens is 4. The van der Waals surface area contributed by atoms with Crippen molar-refractivity contribution >= 4 is 0 Å². The summed E-state index contributed by atoms with van der Waals surface area (Å²) in [6.45, 7) is 2.08. The third-order valence-electron chi connectivity index (χ3n) is 3.86. The van der Waals surface area contributed by atoms with Gasteiger partial charge in [0.15, 0.2) is 11.6 Å². The van der Waals surface area contributed by atoms with Crippen molar-refractivity contribution in [2.24, 2.45) is 0 Å². The molecule has 4 heteroatoms. The molecule has 0 aliphatic heterocycles. The summed E-state index contributed by atoms with van der Waals surface area (Å²) in [5.74, 6) is 1.53. The minimum absolute atomic E-state index is 0.711. The molecule has 0 atom stereocenters. The van der Waals surface area contributed by atoms with Gasteiger partial charge in [-0.2, -0.15) is 0 Å². The van der Waals surface area contributed by atoms with E-state index in [1.165, 1.54) is 5.56 Å². The molecule has 0 saturated heterocycles. The summed E-state index contributed by atoms with van der Waals surface area (Å²) in [5.41, 5.74) is 4.19. The highest BCUT2D eigenvalue weighted by molar-refractivity contribution is 5.63. The number of benzene rings is 2. The zero-order valence-electron chi connectivity index (χ0n) is 13.3. The lowest BCUT2D eigenvalue weighted by Crippen LogP contribution is -1.99. The lowest BCUT2D eigenvalue weighted by atomic mass is 10.1. The van der Waals surface area contributed by atoms with Crippen molar-refractivity contribution in [2.45, 2.75) is 6.92 Å². The van der Waals surface area contributed by atoms with Gasteiger partial charge < -0.3 is 0 Å². The van der Waals surface area contributed by atoms with Gasteiger partial charge >= 0.3 is 0 Å². The van der Waals surface area contributed by atoms with Gasteiger partial charge in [-0.25, -0.2) is 9.67 Å². The van der Waals surface area contributed by atoms with Crippen molar-refractivity contribution in [3.05, 3.63) is 84.7 Å². The van der Waals surface area contributed by atoms with E-state index < -0.39 is 0 Å². The second-order valence-electron chi connectivity index (χ2n) is 5.61. The van der Waals surface area contributed by atoms with Crippen LogP contribution in [0, 0.1) is 6.92 Å². The molecular weight excluding hydrogens is 296 g/mol. The third kappa shape index (κ3) is 2.70. The molecule has 0 unspecified atom stereocenters. The largest absolute Gasteiger partial charge is 0.265 e. The van der Waals surface area contributed by atoms with Crippen molar-refractivity contribution in [1.82, 2.24) is 19.7 Å². The van der Waals surface area contributed by atoms with Gasteiger partial charge in [-0.3, -0.25) is 4.98 Å². The average molecular weight is 312 g/mol. The maximum absolute atomic E-state index is 4.79. The first-order valence-corrected chi connectivity index (χ1v) is 7.81. The molecule has 24 heavy (non-hydrogen) atoms. The van der Waals surface area contributed by atoms with Crippen molar-refractivity contribution in [3.63, 3.8) is 0 Å². The van der Waals surface area contributed by atoms with Crippen LogP contribution in [0.2, 0.25) is 0 Å². The van der Waals surface area contributed by atoms with Gasteiger partial charge in [0.2, 0.25) is 0 Å². The van der Waals surface area contributed by atoms with Gasteiger partial charge in [-0.1, -0.05) is 60.2 Å². The highest BCUT2D eigenvalue weighted by atomic mass is 15.4. The fourth-order valence-corrected chi connectivity index (χ4v) is 2.58. The smallest absolute Gasteiger partial charge is 0.182 e. The number of hydrogen-bond acceptors (Lipinski definition) is 3. The minimum atomic E-state index is 0.711. The molecule has 4 aromatic rings. The first kappa shape index (κ1) is 14.3. The van der Waals surface area contributed by atoms with Crippen LogP contribution in [0.3, 0.4) is 0 Å². The van der Waals surface area contributed by atoms with Crippen LogP contribution in [0.25, 0.3) is 28.5 Å². The summed E-state index contributed by atoms with van der Waals surface area (Å²) in [5, 5.41) is 4.73. The van der Waals surface area contributed by atoms with E-state index in [4.69, 9.17) is 10.1 Å². The molecule has 0 radical (unpaired) electrons. The molecule has 0 aliphatic rings. The van der Waals surface area contributed by atoms with E-state index in [2.05, 4.69) is 36.2 Å². The summed E-state index contributed by atoms with van der Waals surface area (Å²) >= 11 is 0. The fraction of sp³-hybridized carbons (Fsp3) is 0.0500. The number of hydrogen-bond donors (Lipinski definition) is 0. The molecule has 0 bridgehead atoms. The highest BCUT2D eigenvalue weighted by Gasteiger charge is 2.14. The Balaban J connectivity index is 1.90. The standard InChI is InChI=1S/C20H16N4/c1-15-7-9-17(10-8-15)20-22-19(16-5-3-2-4-6-16)23-24(20)18-11-13-21-14-12-18/h2-14H,1H3. The number of pyridine rings is 1. The second kappa shape index (κ2) is 6.08. The minimum Gasteiger partial charge on any atom is -0.265 e. The predicted octanol–water partition coefficient (Wildman–Crippen LogP) is 4.30. The van der Waals surface area contributed by atoms with Gasteiger partial charge in [-0.05, 0) is 19.1 Å². The van der Waals surface area contributed by atoms with Crippen LogP contribution in [0.1, 0.15) is 5.56 Å². The molecule has 116 valence electrons. The van der Waals surface area contributed by atoms with Crippen LogP contribution in [0.15, 0.2) is 79.1 Å². The summed E-state index contributed by atoms with van der Waals surface area (Å²) in [7, 11) is 0. The van der Waals surface area contributed by atoms with E-state index >= 15 is 0 Å². The third-order valence-corrected chi connectivity index (χ3v) is 3.86. The number of nitrogens with zero attached hydrogens (tertiary/aromatic N) is 4. The molecule has 0 fully saturated rings. The average Bonchev–Trinajstić information content (AvgIpc) is 3.09. The van der Waals surface area contributed by atoms with Gasteiger partial charge in [-0.15, -0.1) is 5.10 Å². The molecule has 0 spiro atoms. The maximum Gasteiger partial charge on any atom is 0.182 e. The topological polar surface area (TPSA) is 43.6 Å². The summed E-state index contributed by atoms with van der Waals surface area (Å²) in [6.07, 6.45) is 3.52. The molecule has 4 rings (SSSR count). The van der Waals surface area contributed by atoms with Gasteiger partial charge in [0.25, 0.3) is 0 Å². The summed E-state index contributed by atoms with van der Waals surface area (Å²) in [4.78, 5) is 8.88. The molecule has 0 N–H and O–H groups in total. The van der Waals surface area contributed by atoms with E-state index in [1.807, 2.05) is 47.1 Å². The van der Waals surface area contributed by atoms with Gasteiger partial charge in [0.1, 0.15) is 0 Å². The first-order chi connectivity index (χ1) is 11.8. The van der Waals surface area contributed by atoms with E-state index in [0.29, 0.717) is 5.82 Å². The van der Waals surface area contributed by atoms with E-state index in [-0.39, 0.29) is 0 Å². The van der Waals surface area contributed by atoms with E-state index in [0.717, 1.165) is 22.6 Å². The van der Waals surface area contributed by atoms with E-state index in [9.17, 15) is 0 Å². The molecule has 4 nitrogen and oxygen atoms in total. The van der Waals surface area contributed by atoms with Crippen LogP contribution in [0.4, 0.5) is 0 Å². The summed E-state index contributed by atoms with van der Waals surface area (Å²) in [6, 6.07) is 22.2. The maximum atomic E-state index is 4.79. The molecule has 0 amide bonds. The zero-order valence-corrected chi connectivity index (χ0v) is 13.3. The van der Waals surface area contributed by atoms with Crippen molar-refractivity contribution in [1.29, 1.82) is 0 Å². The molecule has 0 aliphatic carbocycles. The van der Waals surface area contributed by atoms with Gasteiger partial charge in [0, 0.05) is 23.5 Å². The SMILES string of the molecule is Cc1ccc(-c2nc(-c3ccccc3)nn2-c2ccncc2)cc1. The van der Waals surface area contributed by atoms with Crippen LogP contribution in [-0.4, -0.2) is 19.7 Å². The Bertz CT molecular complexity index is 942. The Morgan fingerprint density at radius 3 is 2.17 bits per heavy atom. The zero-order chi connectivity index (χ0) is 16.4. The lowest BCUT2D eigenvalue weighted by molar-refractivity contribution is 0.887. The monoisotopic (exact) mass is 312 g/mol. The summed E-state index contributed by atoms with van der Waals surface area (Å²) < 4.78 is 1.87.